The molecular weight excluding hydrogens is 447 g/mol. The molecule has 0 atom stereocenters. The second-order valence-electron chi connectivity index (χ2n) is 8.57. The maximum atomic E-state index is 13.2. The van der Waals surface area contributed by atoms with Gasteiger partial charge in [-0.15, -0.1) is 0 Å². The van der Waals surface area contributed by atoms with Crippen LogP contribution in [0.15, 0.2) is 72.8 Å². The molecule has 0 aromatic heterocycles. The van der Waals surface area contributed by atoms with Crippen molar-refractivity contribution in [3.05, 3.63) is 89.8 Å². The van der Waals surface area contributed by atoms with Gasteiger partial charge in [-0.2, -0.15) is 0 Å². The summed E-state index contributed by atoms with van der Waals surface area (Å²) in [5.41, 5.74) is 1.96. The van der Waals surface area contributed by atoms with E-state index in [0.29, 0.717) is 17.0 Å². The quantitative estimate of drug-likeness (QED) is 0.436. The van der Waals surface area contributed by atoms with Crippen molar-refractivity contribution in [3.63, 3.8) is 0 Å². The minimum Gasteiger partial charge on any atom is -0.505 e. The van der Waals surface area contributed by atoms with Crippen LogP contribution >= 0.6 is 0 Å². The van der Waals surface area contributed by atoms with E-state index in [1.807, 2.05) is 42.5 Å². The third-order valence-corrected chi connectivity index (χ3v) is 5.86. The number of benzene rings is 3. The van der Waals surface area contributed by atoms with Crippen molar-refractivity contribution in [2.24, 2.45) is 0 Å². The summed E-state index contributed by atoms with van der Waals surface area (Å²) in [5.74, 6) is 0.0202. The van der Waals surface area contributed by atoms with Crippen LogP contribution < -0.4 is 14.8 Å². The summed E-state index contributed by atoms with van der Waals surface area (Å²) in [4.78, 5) is 14.7. The largest absolute Gasteiger partial charge is 0.505 e. The Morgan fingerprint density at radius 2 is 1.80 bits per heavy atom. The maximum Gasteiger partial charge on any atom is 0.248 e. The topological polar surface area (TPSA) is 71.0 Å². The van der Waals surface area contributed by atoms with Crippen molar-refractivity contribution in [2.75, 3.05) is 25.5 Å². The van der Waals surface area contributed by atoms with E-state index in [1.54, 1.807) is 6.07 Å². The van der Waals surface area contributed by atoms with Gasteiger partial charge < -0.3 is 24.8 Å². The van der Waals surface area contributed by atoms with Crippen molar-refractivity contribution >= 4 is 17.7 Å². The number of piperidine rings is 1. The third kappa shape index (κ3) is 7.07. The van der Waals surface area contributed by atoms with E-state index in [0.717, 1.165) is 43.3 Å². The standard InChI is InChI=1S/C28H29FN2O4/c1-31-16-14-24(15-17-31)35-23-10-8-22(9-11-23)34-19-21-4-2-3-5-26(21)30-28(33)13-7-20-6-12-25(29)27(32)18-20/h2-13,18,24,32H,14-17,19H2,1H3,(H,30,33). The molecule has 0 aliphatic carbocycles. The fraction of sp³-hybridized carbons (Fsp3) is 0.250. The second-order valence-corrected chi connectivity index (χ2v) is 8.57. The first-order chi connectivity index (χ1) is 17.0. The number of carbonyl (C=O) groups excluding carboxylic acids is 1. The molecule has 2 N–H and O–H groups in total. The number of phenols is 1. The molecule has 0 spiro atoms. The number of amides is 1. The van der Waals surface area contributed by atoms with Crippen LogP contribution in [0.3, 0.4) is 0 Å². The zero-order chi connectivity index (χ0) is 24.6. The number of hydrogen-bond acceptors (Lipinski definition) is 5. The first-order valence-corrected chi connectivity index (χ1v) is 11.6. The number of carbonyl (C=O) groups is 1. The van der Waals surface area contributed by atoms with Gasteiger partial charge >= 0.3 is 0 Å². The van der Waals surface area contributed by atoms with Crippen LogP contribution in [-0.2, 0) is 11.4 Å². The van der Waals surface area contributed by atoms with Gasteiger partial charge in [0.2, 0.25) is 5.91 Å². The highest BCUT2D eigenvalue weighted by atomic mass is 19.1. The first kappa shape index (κ1) is 24.3. The van der Waals surface area contributed by atoms with Gasteiger partial charge in [-0.25, -0.2) is 4.39 Å². The Morgan fingerprint density at radius 1 is 1.09 bits per heavy atom. The third-order valence-electron chi connectivity index (χ3n) is 5.86. The van der Waals surface area contributed by atoms with Crippen molar-refractivity contribution in [1.29, 1.82) is 0 Å². The van der Waals surface area contributed by atoms with E-state index in [1.165, 1.54) is 24.3 Å². The number of halogens is 1. The highest BCUT2D eigenvalue weighted by molar-refractivity contribution is 6.02. The van der Waals surface area contributed by atoms with Gasteiger partial charge in [0.25, 0.3) is 0 Å². The molecule has 7 heteroatoms. The Bertz CT molecular complexity index is 1170. The fourth-order valence-corrected chi connectivity index (χ4v) is 3.82. The number of phenolic OH excluding ortho intramolecular Hbond substituents is 1. The van der Waals surface area contributed by atoms with Crippen LogP contribution in [0.4, 0.5) is 10.1 Å². The van der Waals surface area contributed by atoms with Crippen molar-refractivity contribution in [1.82, 2.24) is 4.90 Å². The Kier molecular flexibility index (Phi) is 8.00. The Morgan fingerprint density at radius 3 is 2.54 bits per heavy atom. The molecule has 4 rings (SSSR count). The van der Waals surface area contributed by atoms with Gasteiger partial charge in [-0.3, -0.25) is 4.79 Å². The van der Waals surface area contributed by atoms with Crippen molar-refractivity contribution in [2.45, 2.75) is 25.6 Å². The number of nitrogens with zero attached hydrogens (tertiary/aromatic N) is 1. The molecule has 3 aromatic carbocycles. The van der Waals surface area contributed by atoms with Crippen LogP contribution in [-0.4, -0.2) is 42.2 Å². The van der Waals surface area contributed by atoms with Crippen LogP contribution in [0.5, 0.6) is 17.2 Å². The van der Waals surface area contributed by atoms with Gasteiger partial charge in [0.15, 0.2) is 11.6 Å². The van der Waals surface area contributed by atoms with Crippen LogP contribution in [0.2, 0.25) is 0 Å². The molecule has 1 fully saturated rings. The minimum atomic E-state index is -0.708. The second kappa shape index (κ2) is 11.5. The highest BCUT2D eigenvalue weighted by Crippen LogP contribution is 2.24. The SMILES string of the molecule is CN1CCC(Oc2ccc(OCc3ccccc3NC(=O)C=Cc3ccc(F)c(O)c3)cc2)CC1. The van der Waals surface area contributed by atoms with E-state index in [-0.39, 0.29) is 18.6 Å². The number of likely N-dealkylation sites (tertiary alicyclic amines) is 1. The molecule has 0 unspecified atom stereocenters. The zero-order valence-electron chi connectivity index (χ0n) is 19.6. The van der Waals surface area contributed by atoms with Crippen LogP contribution in [0.25, 0.3) is 6.08 Å². The predicted octanol–water partition coefficient (Wildman–Crippen LogP) is 5.24. The summed E-state index contributed by atoms with van der Waals surface area (Å²) in [6.45, 7) is 2.38. The van der Waals surface area contributed by atoms with E-state index < -0.39 is 11.6 Å². The van der Waals surface area contributed by atoms with E-state index >= 15 is 0 Å². The molecule has 0 bridgehead atoms. The average molecular weight is 477 g/mol. The van der Waals surface area contributed by atoms with Crippen LogP contribution in [0, 0.1) is 5.82 Å². The number of anilines is 1. The van der Waals surface area contributed by atoms with Gasteiger partial charge in [0.1, 0.15) is 24.2 Å². The zero-order valence-corrected chi connectivity index (χ0v) is 19.6. The maximum absolute atomic E-state index is 13.2. The molecule has 0 radical (unpaired) electrons. The number of nitrogens with one attached hydrogen (secondary N) is 1. The molecule has 3 aromatic rings. The summed E-state index contributed by atoms with van der Waals surface area (Å²) >= 11 is 0. The number of para-hydroxylation sites is 1. The lowest BCUT2D eigenvalue weighted by Gasteiger charge is -2.29. The lowest BCUT2D eigenvalue weighted by molar-refractivity contribution is -0.111. The summed E-state index contributed by atoms with van der Waals surface area (Å²) < 4.78 is 25.2. The van der Waals surface area contributed by atoms with Crippen LogP contribution in [0.1, 0.15) is 24.0 Å². The Hall–Kier alpha value is -3.84. The molecule has 182 valence electrons. The molecule has 35 heavy (non-hydrogen) atoms. The van der Waals surface area contributed by atoms with E-state index in [9.17, 15) is 14.3 Å². The summed E-state index contributed by atoms with van der Waals surface area (Å²) in [7, 11) is 2.13. The molecule has 1 amide bonds. The first-order valence-electron chi connectivity index (χ1n) is 11.6. The summed E-state index contributed by atoms with van der Waals surface area (Å²) in [6, 6.07) is 18.9. The highest BCUT2D eigenvalue weighted by Gasteiger charge is 2.18. The molecule has 1 saturated heterocycles. The molecule has 1 aliphatic heterocycles. The number of ether oxygens (including phenoxy) is 2. The lowest BCUT2D eigenvalue weighted by atomic mass is 10.1. The van der Waals surface area contributed by atoms with Crippen molar-refractivity contribution in [3.8, 4) is 17.2 Å². The average Bonchev–Trinajstić information content (AvgIpc) is 2.86. The molecule has 1 heterocycles. The van der Waals surface area contributed by atoms with Gasteiger partial charge in [0, 0.05) is 30.4 Å². The fourth-order valence-electron chi connectivity index (χ4n) is 3.82. The Balaban J connectivity index is 1.31. The molecule has 0 saturated carbocycles. The molecular formula is C28H29FN2O4. The minimum absolute atomic E-state index is 0.247. The lowest BCUT2D eigenvalue weighted by Crippen LogP contribution is -2.35. The normalized spacial score (nSPS) is 14.7. The number of hydrogen-bond donors (Lipinski definition) is 2. The van der Waals surface area contributed by atoms with Crippen molar-refractivity contribution < 1.29 is 23.8 Å². The number of aromatic hydroxyl groups is 1. The van der Waals surface area contributed by atoms with Gasteiger partial charge in [-0.05, 0) is 74.0 Å². The summed E-state index contributed by atoms with van der Waals surface area (Å²) in [6.07, 6.45) is 5.13. The predicted molar refractivity (Wildman–Crippen MR) is 134 cm³/mol. The monoisotopic (exact) mass is 476 g/mol. The Labute approximate surface area is 204 Å². The van der Waals surface area contributed by atoms with Gasteiger partial charge in [0.05, 0.1) is 0 Å². The van der Waals surface area contributed by atoms with Gasteiger partial charge in [-0.1, -0.05) is 24.3 Å². The summed E-state index contributed by atoms with van der Waals surface area (Å²) in [5, 5.41) is 12.3. The molecule has 1 aliphatic rings. The van der Waals surface area contributed by atoms with E-state index in [2.05, 4.69) is 17.3 Å². The molecule has 6 nitrogen and oxygen atoms in total. The van der Waals surface area contributed by atoms with E-state index in [4.69, 9.17) is 9.47 Å². The number of rotatable bonds is 8. The smallest absolute Gasteiger partial charge is 0.248 e.